The quantitative estimate of drug-likeness (QED) is 0.211. The second-order valence-corrected chi connectivity index (χ2v) is 12.5. The molecule has 0 saturated heterocycles. The molecule has 0 fully saturated rings. The maximum Gasteiger partial charge on any atom is 0.244 e. The first-order valence-corrected chi connectivity index (χ1v) is 16.1. The zero-order chi connectivity index (χ0) is 30.1. The number of nitrogens with zero attached hydrogens (tertiary/aromatic N) is 2. The third-order valence-electron chi connectivity index (χ3n) is 7.42. The number of unbranched alkanes of at least 4 members (excludes halogenated alkanes) is 1. The Bertz CT molecular complexity index is 1620. The number of benzene rings is 4. The van der Waals surface area contributed by atoms with Gasteiger partial charge in [-0.2, -0.15) is 0 Å². The minimum atomic E-state index is -3.86. The summed E-state index contributed by atoms with van der Waals surface area (Å²) in [7, 11) is -3.86. The van der Waals surface area contributed by atoms with Gasteiger partial charge in [0, 0.05) is 24.9 Å². The van der Waals surface area contributed by atoms with Crippen molar-refractivity contribution in [2.75, 3.05) is 23.7 Å². The summed E-state index contributed by atoms with van der Waals surface area (Å²) in [6.45, 7) is 4.24. The molecule has 0 spiro atoms. The molecule has 0 aliphatic rings. The molecule has 0 heterocycles. The van der Waals surface area contributed by atoms with Gasteiger partial charge >= 0.3 is 0 Å². The van der Waals surface area contributed by atoms with E-state index in [0.717, 1.165) is 50.9 Å². The number of hydrogen-bond acceptors (Lipinski definition) is 4. The van der Waals surface area contributed by atoms with E-state index in [0.29, 0.717) is 18.7 Å². The molecule has 220 valence electrons. The van der Waals surface area contributed by atoms with Gasteiger partial charge in [-0.3, -0.25) is 13.9 Å². The number of aryl methyl sites for hydroxylation is 1. The zero-order valence-electron chi connectivity index (χ0n) is 24.5. The first kappa shape index (κ1) is 30.8. The minimum Gasteiger partial charge on any atom is -0.354 e. The van der Waals surface area contributed by atoms with Gasteiger partial charge in [-0.1, -0.05) is 104 Å². The molecular weight excluding hydrogens is 546 g/mol. The second kappa shape index (κ2) is 14.1. The van der Waals surface area contributed by atoms with Crippen LogP contribution in [0.2, 0.25) is 0 Å². The van der Waals surface area contributed by atoms with E-state index in [1.165, 1.54) is 0 Å². The Morgan fingerprint density at radius 2 is 1.52 bits per heavy atom. The zero-order valence-corrected chi connectivity index (χ0v) is 25.3. The van der Waals surface area contributed by atoms with Crippen LogP contribution in [-0.4, -0.2) is 50.5 Å². The molecule has 0 bridgehead atoms. The standard InChI is InChI=1S/C34H39N3O4S/c1-4-5-22-35-34(39)32(23-27-15-7-6-8-16-27)36(24-29-18-10-9-14-26(29)2)33(38)25-37(42(3,40)41)31-21-13-19-28-17-11-12-20-30(28)31/h6-21,32H,4-5,22-25H2,1-3H3,(H,35,39)/t32-/m0/s1. The molecule has 2 amide bonds. The molecule has 1 N–H and O–H groups in total. The normalized spacial score (nSPS) is 12.1. The van der Waals surface area contributed by atoms with Gasteiger partial charge < -0.3 is 10.2 Å². The third-order valence-corrected chi connectivity index (χ3v) is 8.54. The van der Waals surface area contributed by atoms with Crippen molar-refractivity contribution in [3.8, 4) is 0 Å². The molecule has 4 aromatic rings. The van der Waals surface area contributed by atoms with Crippen LogP contribution in [0.5, 0.6) is 0 Å². The van der Waals surface area contributed by atoms with E-state index in [1.54, 1.807) is 17.0 Å². The lowest BCUT2D eigenvalue weighted by Crippen LogP contribution is -2.53. The van der Waals surface area contributed by atoms with E-state index in [-0.39, 0.29) is 12.5 Å². The summed E-state index contributed by atoms with van der Waals surface area (Å²) < 4.78 is 27.5. The number of sulfonamides is 1. The highest BCUT2D eigenvalue weighted by atomic mass is 32.2. The monoisotopic (exact) mass is 585 g/mol. The molecule has 4 aromatic carbocycles. The van der Waals surface area contributed by atoms with Gasteiger partial charge in [0.15, 0.2) is 0 Å². The molecule has 4 rings (SSSR count). The van der Waals surface area contributed by atoms with Crippen LogP contribution in [0.1, 0.15) is 36.5 Å². The molecule has 42 heavy (non-hydrogen) atoms. The Hall–Kier alpha value is -4.17. The van der Waals surface area contributed by atoms with Crippen LogP contribution in [0, 0.1) is 6.92 Å². The summed E-state index contributed by atoms with van der Waals surface area (Å²) in [6.07, 6.45) is 3.14. The molecule has 0 saturated carbocycles. The molecule has 0 unspecified atom stereocenters. The molecule has 1 atom stereocenters. The average molecular weight is 586 g/mol. The average Bonchev–Trinajstić information content (AvgIpc) is 2.98. The summed E-state index contributed by atoms with van der Waals surface area (Å²) in [5, 5.41) is 4.60. The van der Waals surface area contributed by atoms with E-state index < -0.39 is 28.5 Å². The van der Waals surface area contributed by atoms with Crippen molar-refractivity contribution >= 4 is 38.3 Å². The van der Waals surface area contributed by atoms with Gasteiger partial charge in [0.1, 0.15) is 12.6 Å². The van der Waals surface area contributed by atoms with Crippen molar-refractivity contribution in [1.29, 1.82) is 0 Å². The van der Waals surface area contributed by atoms with E-state index in [4.69, 9.17) is 0 Å². The Morgan fingerprint density at radius 3 is 2.24 bits per heavy atom. The van der Waals surface area contributed by atoms with Gasteiger partial charge in [0.2, 0.25) is 21.8 Å². The highest BCUT2D eigenvalue weighted by molar-refractivity contribution is 7.92. The summed E-state index contributed by atoms with van der Waals surface area (Å²) in [5.74, 6) is -0.714. The summed E-state index contributed by atoms with van der Waals surface area (Å²) >= 11 is 0. The largest absolute Gasteiger partial charge is 0.354 e. The van der Waals surface area contributed by atoms with Crippen LogP contribution in [0.4, 0.5) is 5.69 Å². The minimum absolute atomic E-state index is 0.164. The lowest BCUT2D eigenvalue weighted by Gasteiger charge is -2.34. The van der Waals surface area contributed by atoms with Crippen LogP contribution < -0.4 is 9.62 Å². The second-order valence-electron chi connectivity index (χ2n) is 10.6. The predicted molar refractivity (Wildman–Crippen MR) is 170 cm³/mol. The van der Waals surface area contributed by atoms with Crippen LogP contribution in [-0.2, 0) is 32.6 Å². The van der Waals surface area contributed by atoms with Crippen molar-refractivity contribution in [3.63, 3.8) is 0 Å². The highest BCUT2D eigenvalue weighted by Gasteiger charge is 2.33. The molecule has 0 aromatic heterocycles. The first-order chi connectivity index (χ1) is 20.2. The van der Waals surface area contributed by atoms with Crippen LogP contribution >= 0.6 is 0 Å². The fourth-order valence-electron chi connectivity index (χ4n) is 5.05. The molecule has 8 heteroatoms. The number of anilines is 1. The van der Waals surface area contributed by atoms with E-state index >= 15 is 0 Å². The Balaban J connectivity index is 1.77. The van der Waals surface area contributed by atoms with Crippen LogP contribution in [0.3, 0.4) is 0 Å². The van der Waals surface area contributed by atoms with Crippen molar-refractivity contribution in [2.24, 2.45) is 0 Å². The lowest BCUT2D eigenvalue weighted by atomic mass is 10.0. The highest BCUT2D eigenvalue weighted by Crippen LogP contribution is 2.29. The van der Waals surface area contributed by atoms with Gasteiger partial charge in [-0.15, -0.1) is 0 Å². The predicted octanol–water partition coefficient (Wildman–Crippen LogP) is 5.47. The number of carbonyl (C=O) groups is 2. The van der Waals surface area contributed by atoms with Gasteiger partial charge in [0.25, 0.3) is 0 Å². The SMILES string of the molecule is CCCCNC(=O)[C@H](Cc1ccccc1)N(Cc1ccccc1C)C(=O)CN(c1cccc2ccccc12)S(C)(=O)=O. The van der Waals surface area contributed by atoms with Gasteiger partial charge in [0.05, 0.1) is 11.9 Å². The first-order valence-electron chi connectivity index (χ1n) is 14.3. The van der Waals surface area contributed by atoms with Crippen LogP contribution in [0.25, 0.3) is 10.8 Å². The third kappa shape index (κ3) is 7.76. The van der Waals surface area contributed by atoms with Crippen molar-refractivity contribution in [2.45, 2.75) is 45.7 Å². The van der Waals surface area contributed by atoms with Gasteiger partial charge in [-0.05, 0) is 41.5 Å². The van der Waals surface area contributed by atoms with Crippen molar-refractivity contribution in [1.82, 2.24) is 10.2 Å². The lowest BCUT2D eigenvalue weighted by molar-refractivity contribution is -0.140. The van der Waals surface area contributed by atoms with E-state index in [9.17, 15) is 18.0 Å². The molecule has 0 radical (unpaired) electrons. The number of nitrogens with one attached hydrogen (secondary N) is 1. The number of carbonyl (C=O) groups excluding carboxylic acids is 2. The Morgan fingerprint density at radius 1 is 0.857 bits per heavy atom. The molecule has 7 nitrogen and oxygen atoms in total. The summed E-state index contributed by atoms with van der Waals surface area (Å²) in [5.41, 5.74) is 3.20. The number of fused-ring (bicyclic) bond motifs is 1. The topological polar surface area (TPSA) is 86.8 Å². The smallest absolute Gasteiger partial charge is 0.244 e. The van der Waals surface area contributed by atoms with Gasteiger partial charge in [-0.25, -0.2) is 8.42 Å². The fraction of sp³-hybridized carbons (Fsp3) is 0.294. The number of rotatable bonds is 13. The summed E-state index contributed by atoms with van der Waals surface area (Å²) in [4.78, 5) is 29.6. The maximum atomic E-state index is 14.3. The van der Waals surface area contributed by atoms with E-state index in [1.807, 2.05) is 91.9 Å². The van der Waals surface area contributed by atoms with Crippen molar-refractivity contribution in [3.05, 3.63) is 114 Å². The van der Waals surface area contributed by atoms with Crippen LogP contribution in [0.15, 0.2) is 97.1 Å². The Labute approximate surface area is 249 Å². The molecular formula is C34H39N3O4S. The van der Waals surface area contributed by atoms with Crippen molar-refractivity contribution < 1.29 is 18.0 Å². The molecule has 0 aliphatic heterocycles. The number of amides is 2. The van der Waals surface area contributed by atoms with E-state index in [2.05, 4.69) is 12.2 Å². The fourth-order valence-corrected chi connectivity index (χ4v) is 5.91. The number of hydrogen-bond donors (Lipinski definition) is 1. The maximum absolute atomic E-state index is 14.3. The summed E-state index contributed by atoms with van der Waals surface area (Å²) in [6, 6.07) is 29.3. The Kier molecular flexibility index (Phi) is 10.4. The molecule has 0 aliphatic carbocycles.